The topological polar surface area (TPSA) is 35.2 Å². The van der Waals surface area contributed by atoms with Crippen molar-refractivity contribution in [3.8, 4) is 5.75 Å². The van der Waals surface area contributed by atoms with Crippen LogP contribution in [0.4, 0.5) is 0 Å². The van der Waals surface area contributed by atoms with Crippen molar-refractivity contribution in [2.75, 3.05) is 0 Å². The zero-order chi connectivity index (χ0) is 13.8. The Kier molecular flexibility index (Phi) is 5.28. The summed E-state index contributed by atoms with van der Waals surface area (Å²) in [6.45, 7) is 2.49. The van der Waals surface area contributed by atoms with E-state index in [0.29, 0.717) is 11.6 Å². The first-order chi connectivity index (χ1) is 9.06. The molecule has 1 atom stereocenters. The highest BCUT2D eigenvalue weighted by Crippen LogP contribution is 2.31. The van der Waals surface area contributed by atoms with Crippen molar-refractivity contribution >= 4 is 38.9 Å². The van der Waals surface area contributed by atoms with Crippen LogP contribution in [0.2, 0.25) is 5.02 Å². The molecular formula is C14H15BrClNOS. The molecule has 1 aromatic heterocycles. The summed E-state index contributed by atoms with van der Waals surface area (Å²) in [4.78, 5) is 1.15. The van der Waals surface area contributed by atoms with Crippen LogP contribution in [0.3, 0.4) is 0 Å². The van der Waals surface area contributed by atoms with Gasteiger partial charge in [0.15, 0.2) is 0 Å². The van der Waals surface area contributed by atoms with Crippen LogP contribution >= 0.6 is 38.9 Å². The van der Waals surface area contributed by atoms with E-state index in [-0.39, 0.29) is 6.04 Å². The van der Waals surface area contributed by atoms with Gasteiger partial charge in [0.25, 0.3) is 0 Å². The van der Waals surface area contributed by atoms with Crippen LogP contribution in [0, 0.1) is 0 Å². The molecule has 1 heterocycles. The van der Waals surface area contributed by atoms with Gasteiger partial charge in [-0.05, 0) is 53.0 Å². The Morgan fingerprint density at radius 1 is 1.37 bits per heavy atom. The fourth-order valence-corrected chi connectivity index (χ4v) is 3.44. The standard InChI is InChI=1S/C14H15BrClNOS/c1-9(17)7-10-3-2-4-12(16)14(10)18-8-11-5-6-13(15)19-11/h2-6,9H,7-8,17H2,1H3. The molecule has 102 valence electrons. The van der Waals surface area contributed by atoms with Crippen LogP contribution < -0.4 is 10.5 Å². The van der Waals surface area contributed by atoms with Crippen LogP contribution in [-0.4, -0.2) is 6.04 Å². The average Bonchev–Trinajstić information content (AvgIpc) is 2.73. The summed E-state index contributed by atoms with van der Waals surface area (Å²) < 4.78 is 6.97. The fraction of sp³-hybridized carbons (Fsp3) is 0.286. The molecule has 0 amide bonds. The third-order valence-corrected chi connectivity index (χ3v) is 4.47. The smallest absolute Gasteiger partial charge is 0.141 e. The monoisotopic (exact) mass is 359 g/mol. The lowest BCUT2D eigenvalue weighted by atomic mass is 10.1. The average molecular weight is 361 g/mol. The largest absolute Gasteiger partial charge is 0.486 e. The van der Waals surface area contributed by atoms with Crippen molar-refractivity contribution in [1.82, 2.24) is 0 Å². The summed E-state index contributed by atoms with van der Waals surface area (Å²) in [5, 5.41) is 0.633. The van der Waals surface area contributed by atoms with E-state index in [0.717, 1.165) is 26.4 Å². The molecule has 1 unspecified atom stereocenters. The van der Waals surface area contributed by atoms with E-state index >= 15 is 0 Å². The Labute approximate surface area is 130 Å². The Morgan fingerprint density at radius 3 is 2.79 bits per heavy atom. The van der Waals surface area contributed by atoms with Crippen molar-refractivity contribution in [2.45, 2.75) is 26.0 Å². The number of hydrogen-bond donors (Lipinski definition) is 1. The Bertz CT molecular complexity index is 556. The first-order valence-corrected chi connectivity index (χ1v) is 7.95. The molecule has 2 N–H and O–H groups in total. The minimum absolute atomic E-state index is 0.0803. The number of nitrogens with two attached hydrogens (primary N) is 1. The van der Waals surface area contributed by atoms with E-state index in [1.54, 1.807) is 11.3 Å². The number of rotatable bonds is 5. The molecule has 5 heteroatoms. The Balaban J connectivity index is 2.14. The van der Waals surface area contributed by atoms with Gasteiger partial charge in [-0.25, -0.2) is 0 Å². The number of thiophene rings is 1. The van der Waals surface area contributed by atoms with Crippen molar-refractivity contribution in [3.05, 3.63) is 49.6 Å². The second-order valence-corrected chi connectivity index (χ2v) is 7.36. The quantitative estimate of drug-likeness (QED) is 0.843. The van der Waals surface area contributed by atoms with Crippen LogP contribution in [-0.2, 0) is 13.0 Å². The second kappa shape index (κ2) is 6.75. The molecule has 0 saturated carbocycles. The number of halogens is 2. The van der Waals surface area contributed by atoms with Gasteiger partial charge in [-0.1, -0.05) is 23.7 Å². The molecule has 2 aromatic rings. The van der Waals surface area contributed by atoms with Gasteiger partial charge in [-0.2, -0.15) is 0 Å². The van der Waals surface area contributed by atoms with E-state index in [1.807, 2.05) is 37.3 Å². The first-order valence-electron chi connectivity index (χ1n) is 5.96. The Hall–Kier alpha value is -0.550. The number of benzene rings is 1. The summed E-state index contributed by atoms with van der Waals surface area (Å²) in [6, 6.07) is 9.90. The third kappa shape index (κ3) is 4.21. The lowest BCUT2D eigenvalue weighted by Gasteiger charge is -2.14. The van der Waals surface area contributed by atoms with E-state index in [2.05, 4.69) is 15.9 Å². The predicted molar refractivity (Wildman–Crippen MR) is 85.2 cm³/mol. The van der Waals surface area contributed by atoms with Gasteiger partial charge in [-0.15, -0.1) is 11.3 Å². The Morgan fingerprint density at radius 2 is 2.16 bits per heavy atom. The molecule has 19 heavy (non-hydrogen) atoms. The van der Waals surface area contributed by atoms with Gasteiger partial charge in [-0.3, -0.25) is 0 Å². The summed E-state index contributed by atoms with van der Waals surface area (Å²) in [5.41, 5.74) is 6.91. The van der Waals surface area contributed by atoms with Crippen molar-refractivity contribution in [1.29, 1.82) is 0 Å². The highest BCUT2D eigenvalue weighted by atomic mass is 79.9. The number of hydrogen-bond acceptors (Lipinski definition) is 3. The highest BCUT2D eigenvalue weighted by Gasteiger charge is 2.11. The molecule has 0 spiro atoms. The van der Waals surface area contributed by atoms with Gasteiger partial charge in [0.2, 0.25) is 0 Å². The van der Waals surface area contributed by atoms with Gasteiger partial charge < -0.3 is 10.5 Å². The van der Waals surface area contributed by atoms with Crippen molar-refractivity contribution < 1.29 is 4.74 Å². The molecular weight excluding hydrogens is 346 g/mol. The van der Waals surface area contributed by atoms with Gasteiger partial charge >= 0.3 is 0 Å². The summed E-state index contributed by atoms with van der Waals surface area (Å²) in [6.07, 6.45) is 0.754. The summed E-state index contributed by atoms with van der Waals surface area (Å²) in [5.74, 6) is 0.742. The lowest BCUT2D eigenvalue weighted by molar-refractivity contribution is 0.306. The molecule has 0 radical (unpaired) electrons. The predicted octanol–water partition coefficient (Wildman–Crippen LogP) is 4.63. The summed E-state index contributed by atoms with van der Waals surface area (Å²) in [7, 11) is 0. The lowest BCUT2D eigenvalue weighted by Crippen LogP contribution is -2.18. The van der Waals surface area contributed by atoms with Crippen LogP contribution in [0.15, 0.2) is 34.1 Å². The van der Waals surface area contributed by atoms with E-state index in [4.69, 9.17) is 22.1 Å². The molecule has 0 fully saturated rings. The maximum Gasteiger partial charge on any atom is 0.141 e. The maximum atomic E-state index is 6.21. The molecule has 0 saturated heterocycles. The number of para-hydroxylation sites is 1. The highest BCUT2D eigenvalue weighted by molar-refractivity contribution is 9.11. The van der Waals surface area contributed by atoms with E-state index in [9.17, 15) is 0 Å². The van der Waals surface area contributed by atoms with Gasteiger partial charge in [0.05, 0.1) is 8.81 Å². The van der Waals surface area contributed by atoms with Crippen molar-refractivity contribution in [2.24, 2.45) is 5.73 Å². The molecule has 0 aliphatic carbocycles. The number of ether oxygens (including phenoxy) is 1. The molecule has 1 aromatic carbocycles. The van der Waals surface area contributed by atoms with Crippen molar-refractivity contribution in [3.63, 3.8) is 0 Å². The van der Waals surface area contributed by atoms with Gasteiger partial charge in [0.1, 0.15) is 12.4 Å². The van der Waals surface area contributed by atoms with E-state index in [1.165, 1.54) is 0 Å². The van der Waals surface area contributed by atoms with Crippen LogP contribution in [0.5, 0.6) is 5.75 Å². The van der Waals surface area contributed by atoms with E-state index < -0.39 is 0 Å². The first kappa shape index (κ1) is 14.9. The minimum Gasteiger partial charge on any atom is -0.486 e. The fourth-order valence-electron chi connectivity index (χ4n) is 1.80. The van der Waals surface area contributed by atoms with Gasteiger partial charge in [0, 0.05) is 10.9 Å². The second-order valence-electron chi connectivity index (χ2n) is 4.40. The third-order valence-electron chi connectivity index (χ3n) is 2.58. The zero-order valence-corrected chi connectivity index (χ0v) is 13.7. The zero-order valence-electron chi connectivity index (χ0n) is 10.5. The van der Waals surface area contributed by atoms with Crippen LogP contribution in [0.1, 0.15) is 17.4 Å². The minimum atomic E-state index is 0.0803. The maximum absolute atomic E-state index is 6.21. The molecule has 2 rings (SSSR count). The molecule has 0 aliphatic rings. The SMILES string of the molecule is CC(N)Cc1cccc(Cl)c1OCc1ccc(Br)s1. The van der Waals surface area contributed by atoms with Crippen LogP contribution in [0.25, 0.3) is 0 Å². The summed E-state index contributed by atoms with van der Waals surface area (Å²) >= 11 is 11.3. The molecule has 0 aliphatic heterocycles. The molecule has 0 bridgehead atoms. The normalized spacial score (nSPS) is 12.4. The molecule has 2 nitrogen and oxygen atoms in total.